The summed E-state index contributed by atoms with van der Waals surface area (Å²) in [4.78, 5) is 22.2. The standard InChI is InChI=1S/C10H19NO4/c1-6(7(2)9(14)15)8(13)11-10(3,4)5-12/h6-7,12H,5H2,1-4H3,(H,11,13)(H,14,15). The summed E-state index contributed by atoms with van der Waals surface area (Å²) < 4.78 is 0. The van der Waals surface area contributed by atoms with Crippen molar-refractivity contribution in [2.75, 3.05) is 6.61 Å². The Morgan fingerprint density at radius 3 is 2.07 bits per heavy atom. The lowest BCUT2D eigenvalue weighted by molar-refractivity contribution is -0.146. The molecule has 0 bridgehead atoms. The van der Waals surface area contributed by atoms with Crippen LogP contribution in [0.5, 0.6) is 0 Å². The Bertz CT molecular complexity index is 250. The number of aliphatic carboxylic acids is 1. The molecule has 0 saturated carbocycles. The predicted molar refractivity (Wildman–Crippen MR) is 55.3 cm³/mol. The molecule has 5 nitrogen and oxygen atoms in total. The van der Waals surface area contributed by atoms with Gasteiger partial charge < -0.3 is 15.5 Å². The van der Waals surface area contributed by atoms with Gasteiger partial charge in [-0.1, -0.05) is 13.8 Å². The van der Waals surface area contributed by atoms with Gasteiger partial charge in [-0.25, -0.2) is 0 Å². The minimum Gasteiger partial charge on any atom is -0.481 e. The van der Waals surface area contributed by atoms with Gasteiger partial charge in [0, 0.05) is 5.92 Å². The lowest BCUT2D eigenvalue weighted by Gasteiger charge is -2.26. The monoisotopic (exact) mass is 217 g/mol. The highest BCUT2D eigenvalue weighted by atomic mass is 16.4. The van der Waals surface area contributed by atoms with Crippen LogP contribution in [-0.4, -0.2) is 34.2 Å². The highest BCUT2D eigenvalue weighted by Crippen LogP contribution is 2.13. The zero-order valence-electron chi connectivity index (χ0n) is 9.57. The Morgan fingerprint density at radius 1 is 1.27 bits per heavy atom. The molecular weight excluding hydrogens is 198 g/mol. The summed E-state index contributed by atoms with van der Waals surface area (Å²) in [5.74, 6) is -2.71. The number of carboxylic acids is 1. The molecule has 0 aliphatic carbocycles. The van der Waals surface area contributed by atoms with Crippen LogP contribution in [0.4, 0.5) is 0 Å². The van der Waals surface area contributed by atoms with Gasteiger partial charge in [-0.2, -0.15) is 0 Å². The number of carbonyl (C=O) groups is 2. The van der Waals surface area contributed by atoms with Crippen LogP contribution in [0.15, 0.2) is 0 Å². The van der Waals surface area contributed by atoms with E-state index in [-0.39, 0.29) is 12.5 Å². The Balaban J connectivity index is 4.40. The number of nitrogens with one attached hydrogen (secondary N) is 1. The van der Waals surface area contributed by atoms with Crippen molar-refractivity contribution < 1.29 is 19.8 Å². The summed E-state index contributed by atoms with van der Waals surface area (Å²) in [7, 11) is 0. The molecule has 88 valence electrons. The van der Waals surface area contributed by atoms with Gasteiger partial charge in [0.05, 0.1) is 18.1 Å². The molecule has 0 heterocycles. The molecule has 3 N–H and O–H groups in total. The molecule has 5 heteroatoms. The van der Waals surface area contributed by atoms with Crippen molar-refractivity contribution in [3.05, 3.63) is 0 Å². The van der Waals surface area contributed by atoms with Gasteiger partial charge in [0.15, 0.2) is 0 Å². The highest BCUT2D eigenvalue weighted by Gasteiger charge is 2.29. The molecule has 0 spiro atoms. The molecule has 0 aliphatic rings. The number of aliphatic hydroxyl groups is 1. The Hall–Kier alpha value is -1.10. The minimum absolute atomic E-state index is 0.188. The smallest absolute Gasteiger partial charge is 0.307 e. The van der Waals surface area contributed by atoms with Crippen LogP contribution >= 0.6 is 0 Å². The van der Waals surface area contributed by atoms with Gasteiger partial charge >= 0.3 is 5.97 Å². The molecule has 0 aromatic carbocycles. The molecular formula is C10H19NO4. The second-order valence-corrected chi connectivity index (χ2v) is 4.45. The van der Waals surface area contributed by atoms with Crippen molar-refractivity contribution in [3.8, 4) is 0 Å². The van der Waals surface area contributed by atoms with Crippen LogP contribution < -0.4 is 5.32 Å². The molecule has 0 fully saturated rings. The van der Waals surface area contributed by atoms with Gasteiger partial charge in [-0.3, -0.25) is 9.59 Å². The Morgan fingerprint density at radius 2 is 1.73 bits per heavy atom. The van der Waals surface area contributed by atoms with E-state index in [0.29, 0.717) is 0 Å². The van der Waals surface area contributed by atoms with Crippen molar-refractivity contribution in [3.63, 3.8) is 0 Å². The number of hydrogen-bond donors (Lipinski definition) is 3. The summed E-state index contributed by atoms with van der Waals surface area (Å²) in [5.41, 5.74) is -0.719. The number of amides is 1. The molecule has 1 amide bonds. The van der Waals surface area contributed by atoms with Crippen molar-refractivity contribution in [2.45, 2.75) is 33.2 Å². The van der Waals surface area contributed by atoms with E-state index in [1.54, 1.807) is 20.8 Å². The number of rotatable bonds is 5. The summed E-state index contributed by atoms with van der Waals surface area (Å²) >= 11 is 0. The molecule has 0 aromatic rings. The Kier molecular flexibility index (Phi) is 4.74. The van der Waals surface area contributed by atoms with Crippen molar-refractivity contribution in [1.29, 1.82) is 0 Å². The molecule has 0 rings (SSSR count). The van der Waals surface area contributed by atoms with Gasteiger partial charge in [0.1, 0.15) is 0 Å². The number of carboxylic acid groups (broad SMARTS) is 1. The van der Waals surface area contributed by atoms with Gasteiger partial charge in [-0.15, -0.1) is 0 Å². The molecule has 0 aromatic heterocycles. The zero-order valence-corrected chi connectivity index (χ0v) is 9.57. The number of hydrogen-bond acceptors (Lipinski definition) is 3. The van der Waals surface area contributed by atoms with Crippen molar-refractivity contribution in [1.82, 2.24) is 5.32 Å². The van der Waals surface area contributed by atoms with E-state index >= 15 is 0 Å². The second kappa shape index (κ2) is 5.11. The fraction of sp³-hybridized carbons (Fsp3) is 0.800. The van der Waals surface area contributed by atoms with Crippen LogP contribution in [0, 0.1) is 11.8 Å². The predicted octanol–water partition coefficient (Wildman–Crippen LogP) is 0.230. The third-order valence-corrected chi connectivity index (χ3v) is 2.41. The van der Waals surface area contributed by atoms with E-state index in [1.165, 1.54) is 6.92 Å². The van der Waals surface area contributed by atoms with E-state index in [0.717, 1.165) is 0 Å². The molecule has 2 atom stereocenters. The van der Waals surface area contributed by atoms with E-state index in [1.807, 2.05) is 0 Å². The first-order valence-corrected chi connectivity index (χ1v) is 4.87. The van der Waals surface area contributed by atoms with Crippen LogP contribution in [0.3, 0.4) is 0 Å². The van der Waals surface area contributed by atoms with Crippen LogP contribution in [0.2, 0.25) is 0 Å². The quantitative estimate of drug-likeness (QED) is 0.615. The Labute approximate surface area is 89.5 Å². The normalized spacial score (nSPS) is 15.5. The van der Waals surface area contributed by atoms with Crippen LogP contribution in [-0.2, 0) is 9.59 Å². The number of aliphatic hydroxyl groups excluding tert-OH is 1. The summed E-state index contributed by atoms with van der Waals surface area (Å²) in [6.45, 7) is 6.19. The molecule has 2 unspecified atom stereocenters. The summed E-state index contributed by atoms with van der Waals surface area (Å²) in [5, 5.41) is 20.3. The fourth-order valence-corrected chi connectivity index (χ4v) is 0.928. The van der Waals surface area contributed by atoms with Crippen molar-refractivity contribution in [2.24, 2.45) is 11.8 Å². The van der Waals surface area contributed by atoms with Gasteiger partial charge in [-0.05, 0) is 13.8 Å². The fourth-order valence-electron chi connectivity index (χ4n) is 0.928. The molecule has 0 aliphatic heterocycles. The lowest BCUT2D eigenvalue weighted by atomic mass is 9.94. The maximum Gasteiger partial charge on any atom is 0.307 e. The molecule has 0 saturated heterocycles. The average Bonchev–Trinajstić information content (AvgIpc) is 2.14. The first-order chi connectivity index (χ1) is 6.71. The third kappa shape index (κ3) is 4.29. The second-order valence-electron chi connectivity index (χ2n) is 4.45. The first-order valence-electron chi connectivity index (χ1n) is 4.87. The topological polar surface area (TPSA) is 86.6 Å². The summed E-state index contributed by atoms with van der Waals surface area (Å²) in [6, 6.07) is 0. The molecule has 0 radical (unpaired) electrons. The third-order valence-electron chi connectivity index (χ3n) is 2.41. The highest BCUT2D eigenvalue weighted by molar-refractivity contribution is 5.84. The lowest BCUT2D eigenvalue weighted by Crippen LogP contribution is -2.49. The average molecular weight is 217 g/mol. The first kappa shape index (κ1) is 13.9. The maximum absolute atomic E-state index is 11.6. The molecule has 15 heavy (non-hydrogen) atoms. The number of carbonyl (C=O) groups excluding carboxylic acids is 1. The van der Waals surface area contributed by atoms with E-state index in [4.69, 9.17) is 10.2 Å². The van der Waals surface area contributed by atoms with Gasteiger partial charge in [0.2, 0.25) is 5.91 Å². The van der Waals surface area contributed by atoms with Crippen molar-refractivity contribution >= 4 is 11.9 Å². The van der Waals surface area contributed by atoms with E-state index in [9.17, 15) is 9.59 Å². The van der Waals surface area contributed by atoms with E-state index in [2.05, 4.69) is 5.32 Å². The van der Waals surface area contributed by atoms with E-state index < -0.39 is 23.3 Å². The van der Waals surface area contributed by atoms with Gasteiger partial charge in [0.25, 0.3) is 0 Å². The zero-order chi connectivity index (χ0) is 12.2. The SMILES string of the molecule is CC(C(=O)O)C(C)C(=O)NC(C)(C)CO. The minimum atomic E-state index is -1.00. The largest absolute Gasteiger partial charge is 0.481 e. The summed E-state index contributed by atoms with van der Waals surface area (Å²) in [6.07, 6.45) is 0. The maximum atomic E-state index is 11.6. The van der Waals surface area contributed by atoms with Crippen LogP contribution in [0.25, 0.3) is 0 Å². The van der Waals surface area contributed by atoms with Crippen LogP contribution in [0.1, 0.15) is 27.7 Å².